The Balaban J connectivity index is 1.20. The predicted molar refractivity (Wildman–Crippen MR) is 166 cm³/mol. The molecule has 1 heterocycles. The quantitative estimate of drug-likeness (QED) is 0.140. The number of nitrogens with one attached hydrogen (secondary N) is 2. The number of carbonyl (C=O) groups is 3. The van der Waals surface area contributed by atoms with E-state index in [1.54, 1.807) is 13.0 Å². The highest BCUT2D eigenvalue weighted by molar-refractivity contribution is 6.17. The van der Waals surface area contributed by atoms with E-state index in [0.29, 0.717) is 35.1 Å². The summed E-state index contributed by atoms with van der Waals surface area (Å²) in [5.74, 6) is -3.49. The monoisotopic (exact) mass is 623 g/mol. The van der Waals surface area contributed by atoms with Gasteiger partial charge in [0, 0.05) is 40.7 Å². The van der Waals surface area contributed by atoms with Gasteiger partial charge in [-0.15, -0.1) is 0 Å². The number of hydrogen-bond donors (Lipinski definition) is 3. The van der Waals surface area contributed by atoms with Crippen LogP contribution in [-0.4, -0.2) is 27.9 Å². The number of aromatic nitrogens is 1. The van der Waals surface area contributed by atoms with E-state index in [-0.39, 0.29) is 35.1 Å². The van der Waals surface area contributed by atoms with Crippen LogP contribution in [0.2, 0.25) is 0 Å². The van der Waals surface area contributed by atoms with Crippen LogP contribution in [0.3, 0.4) is 0 Å². The van der Waals surface area contributed by atoms with E-state index in [0.717, 1.165) is 11.6 Å². The zero-order chi connectivity index (χ0) is 32.4. The Morgan fingerprint density at radius 1 is 0.826 bits per heavy atom. The number of fused-ring (bicyclic) bond motifs is 1. The molecule has 0 unspecified atom stereocenters. The normalized spacial score (nSPS) is 13.1. The van der Waals surface area contributed by atoms with Gasteiger partial charge in [-0.1, -0.05) is 30.3 Å². The average Bonchev–Trinajstić information content (AvgIpc) is 3.85. The van der Waals surface area contributed by atoms with Crippen molar-refractivity contribution in [3.63, 3.8) is 0 Å². The molecular formula is C35H27F2N3O6. The number of halogens is 2. The van der Waals surface area contributed by atoms with Gasteiger partial charge in [-0.25, -0.2) is 13.6 Å². The minimum absolute atomic E-state index is 0.111. The maximum Gasteiger partial charge on any atom is 0.339 e. The number of aryl methyl sites for hydroxylation is 1. The molecule has 1 aliphatic carbocycles. The Kier molecular flexibility index (Phi) is 8.06. The van der Waals surface area contributed by atoms with E-state index in [2.05, 4.69) is 15.6 Å². The van der Waals surface area contributed by atoms with E-state index in [1.165, 1.54) is 48.5 Å². The number of anilines is 2. The fourth-order valence-corrected chi connectivity index (χ4v) is 4.95. The second kappa shape index (κ2) is 12.3. The second-order valence-corrected chi connectivity index (χ2v) is 11.0. The van der Waals surface area contributed by atoms with Crippen molar-refractivity contribution in [2.45, 2.75) is 26.4 Å². The minimum atomic E-state index is -1.32. The lowest BCUT2D eigenvalue weighted by atomic mass is 10.0. The smallest absolute Gasteiger partial charge is 0.339 e. The molecule has 5 aromatic rings. The third-order valence-electron chi connectivity index (χ3n) is 7.60. The molecule has 0 spiro atoms. The van der Waals surface area contributed by atoms with Crippen LogP contribution in [0.5, 0.6) is 17.2 Å². The second-order valence-electron chi connectivity index (χ2n) is 11.0. The summed E-state index contributed by atoms with van der Waals surface area (Å²) in [5.41, 5.74) is 0.811. The lowest BCUT2D eigenvalue weighted by molar-refractivity contribution is -0.131. The lowest BCUT2D eigenvalue weighted by Gasteiger charge is -2.16. The SMILES string of the molecule is Cc1cc(Oc2ccc(NC(=O)C3(C(=O)Nc4ccc(F)cc4)CC3)cc2F)c2cc(C(=O)O)c(OCc3ccccc3)cc2n1. The molecule has 11 heteroatoms. The number of nitrogens with zero attached hydrogens (tertiary/aromatic N) is 1. The first-order valence-electron chi connectivity index (χ1n) is 14.3. The number of ether oxygens (including phenoxy) is 2. The number of benzene rings is 4. The molecule has 0 aliphatic heterocycles. The van der Waals surface area contributed by atoms with Crippen LogP contribution in [0.4, 0.5) is 20.2 Å². The summed E-state index contributed by atoms with van der Waals surface area (Å²) in [6, 6.07) is 22.7. The van der Waals surface area contributed by atoms with Gasteiger partial charge in [0.25, 0.3) is 0 Å². The van der Waals surface area contributed by atoms with E-state index >= 15 is 4.39 Å². The predicted octanol–water partition coefficient (Wildman–Crippen LogP) is 7.25. The van der Waals surface area contributed by atoms with Crippen LogP contribution in [-0.2, 0) is 16.2 Å². The third-order valence-corrected chi connectivity index (χ3v) is 7.60. The Hall–Kier alpha value is -5.84. The van der Waals surface area contributed by atoms with Crippen molar-refractivity contribution in [2.24, 2.45) is 5.41 Å². The molecule has 0 radical (unpaired) electrons. The van der Waals surface area contributed by atoms with Gasteiger partial charge in [-0.05, 0) is 67.8 Å². The number of hydrogen-bond acceptors (Lipinski definition) is 6. The first-order chi connectivity index (χ1) is 22.1. The zero-order valence-electron chi connectivity index (χ0n) is 24.5. The molecule has 0 saturated heterocycles. The molecule has 1 fully saturated rings. The zero-order valence-corrected chi connectivity index (χ0v) is 24.5. The van der Waals surface area contributed by atoms with Crippen LogP contribution < -0.4 is 20.1 Å². The van der Waals surface area contributed by atoms with Gasteiger partial charge in [-0.3, -0.25) is 14.6 Å². The molecule has 1 saturated carbocycles. The van der Waals surface area contributed by atoms with E-state index < -0.39 is 34.8 Å². The Labute approximate surface area is 261 Å². The number of carboxylic acid groups (broad SMARTS) is 1. The van der Waals surface area contributed by atoms with Gasteiger partial charge in [0.05, 0.1) is 5.52 Å². The minimum Gasteiger partial charge on any atom is -0.488 e. The number of rotatable bonds is 10. The molecule has 4 aromatic carbocycles. The summed E-state index contributed by atoms with van der Waals surface area (Å²) in [6.07, 6.45) is 0.614. The Morgan fingerprint density at radius 2 is 1.50 bits per heavy atom. The van der Waals surface area contributed by atoms with Crippen molar-refractivity contribution in [2.75, 3.05) is 10.6 Å². The first-order valence-corrected chi connectivity index (χ1v) is 14.3. The van der Waals surface area contributed by atoms with Crippen molar-refractivity contribution in [3.05, 3.63) is 119 Å². The van der Waals surface area contributed by atoms with Gasteiger partial charge in [0.15, 0.2) is 11.6 Å². The van der Waals surface area contributed by atoms with Crippen LogP contribution in [0.1, 0.15) is 34.5 Å². The average molecular weight is 624 g/mol. The highest BCUT2D eigenvalue weighted by Gasteiger charge is 2.56. The van der Waals surface area contributed by atoms with Crippen LogP contribution in [0.15, 0.2) is 91.0 Å². The van der Waals surface area contributed by atoms with Crippen molar-refractivity contribution in [1.29, 1.82) is 0 Å². The maximum atomic E-state index is 15.3. The van der Waals surface area contributed by atoms with Gasteiger partial charge in [-0.2, -0.15) is 0 Å². The van der Waals surface area contributed by atoms with Crippen LogP contribution in [0.25, 0.3) is 10.9 Å². The van der Waals surface area contributed by atoms with E-state index in [1.807, 2.05) is 30.3 Å². The number of pyridine rings is 1. The summed E-state index contributed by atoms with van der Waals surface area (Å²) >= 11 is 0. The number of carboxylic acids is 1. The molecule has 1 aliphatic rings. The first kappa shape index (κ1) is 30.2. The molecule has 0 atom stereocenters. The maximum absolute atomic E-state index is 15.3. The number of carbonyl (C=O) groups excluding carboxylic acids is 2. The van der Waals surface area contributed by atoms with E-state index in [9.17, 15) is 23.9 Å². The van der Waals surface area contributed by atoms with Crippen LogP contribution in [0, 0.1) is 24.0 Å². The largest absolute Gasteiger partial charge is 0.488 e. The molecule has 9 nitrogen and oxygen atoms in total. The lowest BCUT2D eigenvalue weighted by Crippen LogP contribution is -2.35. The molecule has 2 amide bonds. The van der Waals surface area contributed by atoms with E-state index in [4.69, 9.17) is 9.47 Å². The number of aromatic carboxylic acids is 1. The highest BCUT2D eigenvalue weighted by Crippen LogP contribution is 2.47. The molecule has 232 valence electrons. The third kappa shape index (κ3) is 6.34. The van der Waals surface area contributed by atoms with Gasteiger partial charge < -0.3 is 25.2 Å². The summed E-state index contributed by atoms with van der Waals surface area (Å²) in [7, 11) is 0. The summed E-state index contributed by atoms with van der Waals surface area (Å²) in [5, 5.41) is 15.5. The summed E-state index contributed by atoms with van der Waals surface area (Å²) in [6.45, 7) is 1.87. The fourth-order valence-electron chi connectivity index (χ4n) is 4.95. The Morgan fingerprint density at radius 3 is 2.15 bits per heavy atom. The summed E-state index contributed by atoms with van der Waals surface area (Å²) in [4.78, 5) is 42.5. The van der Waals surface area contributed by atoms with Gasteiger partial charge in [0.1, 0.15) is 34.9 Å². The van der Waals surface area contributed by atoms with Gasteiger partial charge in [0.2, 0.25) is 11.8 Å². The fraction of sp³-hybridized carbons (Fsp3) is 0.143. The highest BCUT2D eigenvalue weighted by atomic mass is 19.1. The molecule has 46 heavy (non-hydrogen) atoms. The van der Waals surface area contributed by atoms with Crippen LogP contribution >= 0.6 is 0 Å². The van der Waals surface area contributed by atoms with Crippen molar-refractivity contribution < 1.29 is 37.7 Å². The van der Waals surface area contributed by atoms with Crippen molar-refractivity contribution in [3.8, 4) is 17.2 Å². The topological polar surface area (TPSA) is 127 Å². The molecule has 0 bridgehead atoms. The standard InChI is InChI=1S/C35H27F2N3O6/c1-20-15-31(25-17-26(32(41)42)30(18-28(25)38-20)45-19-21-5-3-2-4-6-21)46-29-12-11-24(16-27(29)37)40-34(44)35(13-14-35)33(43)39-23-9-7-22(36)8-10-23/h2-12,15-18H,13-14,19H2,1H3,(H,39,43)(H,40,44)(H,41,42). The Bertz CT molecular complexity index is 1980. The number of amides is 2. The molecular weight excluding hydrogens is 596 g/mol. The van der Waals surface area contributed by atoms with Crippen molar-refractivity contribution >= 4 is 40.1 Å². The van der Waals surface area contributed by atoms with Gasteiger partial charge >= 0.3 is 5.97 Å². The molecule has 1 aromatic heterocycles. The molecule has 6 rings (SSSR count). The van der Waals surface area contributed by atoms with Crippen molar-refractivity contribution in [1.82, 2.24) is 4.98 Å². The summed E-state index contributed by atoms with van der Waals surface area (Å²) < 4.78 is 40.2. The molecule has 3 N–H and O–H groups in total.